The minimum absolute atomic E-state index is 0.406. The Bertz CT molecular complexity index is 135. The highest BCUT2D eigenvalue weighted by Crippen LogP contribution is 2.24. The van der Waals surface area contributed by atoms with Crippen LogP contribution in [0.3, 0.4) is 0 Å². The van der Waals surface area contributed by atoms with Crippen molar-refractivity contribution in [1.82, 2.24) is 0 Å². The molecule has 0 aromatic heterocycles. The topological polar surface area (TPSA) is 12.4 Å². The molecule has 0 aliphatic heterocycles. The van der Waals surface area contributed by atoms with Gasteiger partial charge in [-0.3, -0.25) is 0 Å². The Kier molecular flexibility index (Phi) is 5.74. The second-order valence-electron chi connectivity index (χ2n) is 4.27. The van der Waals surface area contributed by atoms with E-state index >= 15 is 0 Å². The third-order valence-electron chi connectivity index (χ3n) is 1.88. The molecule has 0 heterocycles. The molecule has 0 aliphatic carbocycles. The van der Waals surface area contributed by atoms with E-state index < -0.39 is 0 Å². The smallest absolute Gasteiger partial charge is 0.0273 e. The van der Waals surface area contributed by atoms with Gasteiger partial charge in [0.2, 0.25) is 0 Å². The lowest BCUT2D eigenvalue weighted by atomic mass is 10.00. The first kappa shape index (κ1) is 12.1. The molecule has 0 rings (SSSR count). The van der Waals surface area contributed by atoms with Crippen molar-refractivity contribution in [2.45, 2.75) is 45.2 Å². The maximum absolute atomic E-state index is 4.02. The van der Waals surface area contributed by atoms with Crippen molar-refractivity contribution in [3.63, 3.8) is 0 Å². The van der Waals surface area contributed by atoms with Gasteiger partial charge in [-0.05, 0) is 23.9 Å². The highest BCUT2D eigenvalue weighted by molar-refractivity contribution is 7.18. The number of aliphatic imine (C=N–C) groups is 1. The van der Waals surface area contributed by atoms with Gasteiger partial charge < -0.3 is 4.99 Å². The van der Waals surface area contributed by atoms with Crippen LogP contribution in [-0.4, -0.2) is 18.4 Å². The number of rotatable bonds is 5. The van der Waals surface area contributed by atoms with Crippen LogP contribution in [0.4, 0.5) is 0 Å². The summed E-state index contributed by atoms with van der Waals surface area (Å²) in [5.74, 6) is 0.641. The van der Waals surface area contributed by atoms with Gasteiger partial charge >= 0.3 is 0 Å². The highest BCUT2D eigenvalue weighted by Gasteiger charge is 2.09. The van der Waals surface area contributed by atoms with Crippen molar-refractivity contribution < 1.29 is 0 Å². The SMILES string of the molecule is CN=CC(C)CCCC(C)(C)P. The van der Waals surface area contributed by atoms with Crippen molar-refractivity contribution in [1.29, 1.82) is 0 Å². The average molecular weight is 187 g/mol. The molecule has 0 spiro atoms. The number of hydrogen-bond donors (Lipinski definition) is 0. The predicted molar refractivity (Wildman–Crippen MR) is 61.2 cm³/mol. The van der Waals surface area contributed by atoms with Crippen LogP contribution in [0.5, 0.6) is 0 Å². The Morgan fingerprint density at radius 2 is 2.08 bits per heavy atom. The summed E-state index contributed by atoms with van der Waals surface area (Å²) >= 11 is 0. The molecule has 12 heavy (non-hydrogen) atoms. The van der Waals surface area contributed by atoms with Gasteiger partial charge in [-0.1, -0.05) is 27.2 Å². The molecule has 0 aliphatic rings. The Hall–Kier alpha value is 0.100. The molecule has 2 unspecified atom stereocenters. The molecule has 72 valence electrons. The van der Waals surface area contributed by atoms with Crippen molar-refractivity contribution in [2.75, 3.05) is 7.05 Å². The lowest BCUT2D eigenvalue weighted by molar-refractivity contribution is 0.545. The summed E-state index contributed by atoms with van der Waals surface area (Å²) in [6, 6.07) is 0. The van der Waals surface area contributed by atoms with E-state index in [0.29, 0.717) is 11.1 Å². The summed E-state index contributed by atoms with van der Waals surface area (Å²) in [5.41, 5.74) is 0. The summed E-state index contributed by atoms with van der Waals surface area (Å²) < 4.78 is 0. The molecule has 0 saturated carbocycles. The zero-order valence-electron chi connectivity index (χ0n) is 8.80. The van der Waals surface area contributed by atoms with E-state index in [1.165, 1.54) is 19.3 Å². The molecule has 0 aromatic carbocycles. The molecule has 1 nitrogen and oxygen atoms in total. The van der Waals surface area contributed by atoms with Gasteiger partial charge in [0.05, 0.1) is 0 Å². The number of nitrogens with zero attached hydrogens (tertiary/aromatic N) is 1. The fourth-order valence-corrected chi connectivity index (χ4v) is 1.41. The van der Waals surface area contributed by atoms with Gasteiger partial charge in [0, 0.05) is 13.3 Å². The fourth-order valence-electron chi connectivity index (χ4n) is 1.21. The predicted octanol–water partition coefficient (Wildman–Crippen LogP) is 3.15. The van der Waals surface area contributed by atoms with Gasteiger partial charge in [0.1, 0.15) is 0 Å². The number of hydrogen-bond acceptors (Lipinski definition) is 1. The second kappa shape index (κ2) is 5.70. The summed E-state index contributed by atoms with van der Waals surface area (Å²) in [6.07, 6.45) is 5.87. The fraction of sp³-hybridized carbons (Fsp3) is 0.900. The first-order valence-electron chi connectivity index (χ1n) is 4.67. The van der Waals surface area contributed by atoms with E-state index in [1.807, 2.05) is 13.3 Å². The van der Waals surface area contributed by atoms with E-state index in [9.17, 15) is 0 Å². The van der Waals surface area contributed by atoms with Crippen LogP contribution in [0.1, 0.15) is 40.0 Å². The van der Waals surface area contributed by atoms with E-state index in [-0.39, 0.29) is 0 Å². The molecule has 0 N–H and O–H groups in total. The third kappa shape index (κ3) is 8.20. The first-order valence-corrected chi connectivity index (χ1v) is 5.24. The van der Waals surface area contributed by atoms with Crippen LogP contribution in [-0.2, 0) is 0 Å². The van der Waals surface area contributed by atoms with Crippen molar-refractivity contribution in [3.8, 4) is 0 Å². The lowest BCUT2D eigenvalue weighted by Crippen LogP contribution is -2.09. The van der Waals surface area contributed by atoms with Crippen LogP contribution >= 0.6 is 9.24 Å². The highest BCUT2D eigenvalue weighted by atomic mass is 31.0. The van der Waals surface area contributed by atoms with Gasteiger partial charge in [-0.2, -0.15) is 0 Å². The Balaban J connectivity index is 3.43. The lowest BCUT2D eigenvalue weighted by Gasteiger charge is -2.18. The molecule has 0 amide bonds. The maximum atomic E-state index is 4.02. The summed E-state index contributed by atoms with van der Waals surface area (Å²) in [7, 11) is 4.73. The Morgan fingerprint density at radius 3 is 2.50 bits per heavy atom. The quantitative estimate of drug-likeness (QED) is 0.463. The Morgan fingerprint density at radius 1 is 1.50 bits per heavy atom. The van der Waals surface area contributed by atoms with E-state index in [2.05, 4.69) is 35.0 Å². The summed E-state index contributed by atoms with van der Waals surface area (Å²) in [6.45, 7) is 6.75. The van der Waals surface area contributed by atoms with Gasteiger partial charge in [-0.25, -0.2) is 0 Å². The van der Waals surface area contributed by atoms with Crippen molar-refractivity contribution >= 4 is 15.5 Å². The van der Waals surface area contributed by atoms with Crippen LogP contribution in [0.15, 0.2) is 4.99 Å². The zero-order chi connectivity index (χ0) is 9.61. The van der Waals surface area contributed by atoms with Gasteiger partial charge in [0.25, 0.3) is 0 Å². The molecule has 0 aromatic rings. The summed E-state index contributed by atoms with van der Waals surface area (Å²) in [5, 5.41) is 0.406. The molecule has 2 heteroatoms. The molecule has 0 bridgehead atoms. The van der Waals surface area contributed by atoms with Gasteiger partial charge in [0.15, 0.2) is 0 Å². The van der Waals surface area contributed by atoms with E-state index in [1.54, 1.807) is 0 Å². The van der Waals surface area contributed by atoms with Crippen LogP contribution in [0.25, 0.3) is 0 Å². The average Bonchev–Trinajstić information content (AvgIpc) is 1.84. The van der Waals surface area contributed by atoms with Crippen LogP contribution in [0, 0.1) is 5.92 Å². The minimum atomic E-state index is 0.406. The van der Waals surface area contributed by atoms with E-state index in [4.69, 9.17) is 0 Å². The monoisotopic (exact) mass is 187 g/mol. The molecule has 2 atom stereocenters. The van der Waals surface area contributed by atoms with E-state index in [0.717, 1.165) is 0 Å². The van der Waals surface area contributed by atoms with Crippen LogP contribution in [0.2, 0.25) is 0 Å². The largest absolute Gasteiger partial charge is 0.301 e. The van der Waals surface area contributed by atoms with Crippen molar-refractivity contribution in [3.05, 3.63) is 0 Å². The molecule has 0 saturated heterocycles. The molecule has 0 radical (unpaired) electrons. The van der Waals surface area contributed by atoms with Gasteiger partial charge in [-0.15, -0.1) is 9.24 Å². The molecule has 0 fully saturated rings. The molecular weight excluding hydrogens is 165 g/mol. The standard InChI is InChI=1S/C10H22NP/c1-9(8-11-4)6-5-7-10(2,3)12/h8-9H,5-7,12H2,1-4H3. The second-order valence-corrected chi connectivity index (χ2v) is 5.83. The summed E-state index contributed by atoms with van der Waals surface area (Å²) in [4.78, 5) is 4.02. The third-order valence-corrected chi connectivity index (χ3v) is 2.17. The minimum Gasteiger partial charge on any atom is -0.301 e. The molecular formula is C10H22NP. The normalized spacial score (nSPS) is 15.4. The van der Waals surface area contributed by atoms with Crippen molar-refractivity contribution in [2.24, 2.45) is 10.9 Å². The zero-order valence-corrected chi connectivity index (χ0v) is 9.96. The first-order chi connectivity index (χ1) is 5.45. The maximum Gasteiger partial charge on any atom is 0.0273 e. The Labute approximate surface area is 79.2 Å². The van der Waals surface area contributed by atoms with Crippen LogP contribution < -0.4 is 0 Å².